The van der Waals surface area contributed by atoms with Crippen molar-refractivity contribution in [3.8, 4) is 11.1 Å². The van der Waals surface area contributed by atoms with Crippen molar-refractivity contribution in [2.24, 2.45) is 5.92 Å². The molecule has 0 saturated carbocycles. The molecule has 4 rings (SSSR count). The highest BCUT2D eigenvalue weighted by Gasteiger charge is 2.40. The summed E-state index contributed by atoms with van der Waals surface area (Å²) in [6.45, 7) is 11.9. The second-order valence-corrected chi connectivity index (χ2v) is 9.88. The number of benzene rings is 2. The van der Waals surface area contributed by atoms with Crippen molar-refractivity contribution in [2.45, 2.75) is 72.4 Å². The minimum absolute atomic E-state index is 0.0441. The van der Waals surface area contributed by atoms with Gasteiger partial charge in [0.1, 0.15) is 35.2 Å². The van der Waals surface area contributed by atoms with E-state index < -0.39 is 35.5 Å². The van der Waals surface area contributed by atoms with E-state index in [1.807, 2.05) is 27.7 Å². The Morgan fingerprint density at radius 1 is 1.03 bits per heavy atom. The van der Waals surface area contributed by atoms with Gasteiger partial charge in [-0.2, -0.15) is 0 Å². The first-order chi connectivity index (χ1) is 18.6. The van der Waals surface area contributed by atoms with Gasteiger partial charge in [0.2, 0.25) is 11.8 Å². The molecular formula is C30H36F3N3O3. The number of nitrogens with zero attached hydrogens (tertiary/aromatic N) is 2. The van der Waals surface area contributed by atoms with E-state index >= 15 is 0 Å². The lowest BCUT2D eigenvalue weighted by Gasteiger charge is -2.29. The van der Waals surface area contributed by atoms with E-state index in [1.54, 1.807) is 36.9 Å². The Morgan fingerprint density at radius 2 is 1.64 bits per heavy atom. The third-order valence-electron chi connectivity index (χ3n) is 6.79. The summed E-state index contributed by atoms with van der Waals surface area (Å²) in [5, 5.41) is 6.87. The van der Waals surface area contributed by atoms with Gasteiger partial charge in [-0.15, -0.1) is 0 Å². The molecule has 0 bridgehead atoms. The van der Waals surface area contributed by atoms with E-state index in [2.05, 4.69) is 10.5 Å². The number of carbonyl (C=O) groups is 2. The zero-order valence-electron chi connectivity index (χ0n) is 23.2. The van der Waals surface area contributed by atoms with Crippen molar-refractivity contribution < 1.29 is 27.3 Å². The zero-order chi connectivity index (χ0) is 28.9. The minimum Gasteiger partial charge on any atom is -0.360 e. The lowest BCUT2D eigenvalue weighted by Crippen LogP contribution is -2.48. The summed E-state index contributed by atoms with van der Waals surface area (Å²) in [6, 6.07) is 8.35. The molecule has 39 heavy (non-hydrogen) atoms. The number of likely N-dealkylation sites (tertiary alicyclic amines) is 1. The number of amides is 2. The van der Waals surface area contributed by atoms with Gasteiger partial charge < -0.3 is 14.7 Å². The van der Waals surface area contributed by atoms with Crippen LogP contribution in [0.2, 0.25) is 0 Å². The predicted molar refractivity (Wildman–Crippen MR) is 143 cm³/mol. The van der Waals surface area contributed by atoms with Gasteiger partial charge in [0.05, 0.1) is 17.3 Å². The number of carbonyl (C=O) groups excluding carboxylic acids is 2. The van der Waals surface area contributed by atoms with E-state index in [0.717, 1.165) is 0 Å². The fourth-order valence-electron chi connectivity index (χ4n) is 4.90. The minimum atomic E-state index is -0.988. The summed E-state index contributed by atoms with van der Waals surface area (Å²) in [5.41, 5.74) is 1.35. The molecule has 1 aromatic heterocycles. The predicted octanol–water partition coefficient (Wildman–Crippen LogP) is 6.70. The molecule has 0 spiro atoms. The highest BCUT2D eigenvalue weighted by Crippen LogP contribution is 2.32. The molecule has 0 radical (unpaired) electrons. The molecule has 3 unspecified atom stereocenters. The SMILES string of the molecule is CC.Cc1cc(C(C(=O)N2CCCC2C(=O)NC(C)c2ccc(-c3c(F)cc(F)cc3F)cc2)C(C)C)on1. The molecule has 3 atom stereocenters. The highest BCUT2D eigenvalue weighted by molar-refractivity contribution is 5.91. The van der Waals surface area contributed by atoms with Crippen molar-refractivity contribution >= 4 is 11.8 Å². The summed E-state index contributed by atoms with van der Waals surface area (Å²) in [5.74, 6) is -3.48. The van der Waals surface area contributed by atoms with E-state index in [-0.39, 0.29) is 28.9 Å². The largest absolute Gasteiger partial charge is 0.360 e. The van der Waals surface area contributed by atoms with Crippen LogP contribution in [0, 0.1) is 30.3 Å². The maximum Gasteiger partial charge on any atom is 0.243 e. The second kappa shape index (κ2) is 13.0. The number of hydrogen-bond donors (Lipinski definition) is 1. The van der Waals surface area contributed by atoms with Gasteiger partial charge in [0, 0.05) is 24.7 Å². The van der Waals surface area contributed by atoms with Crippen LogP contribution in [0.1, 0.15) is 76.4 Å². The first-order valence-corrected chi connectivity index (χ1v) is 13.4. The number of hydrogen-bond acceptors (Lipinski definition) is 4. The van der Waals surface area contributed by atoms with Crippen LogP contribution in [-0.4, -0.2) is 34.5 Å². The Morgan fingerprint density at radius 3 is 2.18 bits per heavy atom. The third-order valence-corrected chi connectivity index (χ3v) is 6.79. The summed E-state index contributed by atoms with van der Waals surface area (Å²) in [4.78, 5) is 28.3. The topological polar surface area (TPSA) is 75.4 Å². The Bertz CT molecular complexity index is 1270. The number of nitrogens with one attached hydrogen (secondary N) is 1. The molecule has 2 heterocycles. The van der Waals surface area contributed by atoms with Crippen LogP contribution in [0.4, 0.5) is 13.2 Å². The number of aryl methyl sites for hydroxylation is 1. The summed E-state index contributed by atoms with van der Waals surface area (Å²) >= 11 is 0. The molecule has 1 saturated heterocycles. The summed E-state index contributed by atoms with van der Waals surface area (Å²) in [7, 11) is 0. The van der Waals surface area contributed by atoms with Gasteiger partial charge in [0.25, 0.3) is 0 Å². The van der Waals surface area contributed by atoms with Crippen LogP contribution in [0.5, 0.6) is 0 Å². The molecule has 1 aliphatic rings. The Labute approximate surface area is 227 Å². The molecule has 2 amide bonds. The third kappa shape index (κ3) is 6.69. The van der Waals surface area contributed by atoms with Crippen molar-refractivity contribution in [3.05, 3.63) is 76.9 Å². The molecule has 2 aromatic carbocycles. The van der Waals surface area contributed by atoms with Crippen LogP contribution in [0.25, 0.3) is 11.1 Å². The monoisotopic (exact) mass is 543 g/mol. The number of rotatable bonds is 7. The lowest BCUT2D eigenvalue weighted by molar-refractivity contribution is -0.141. The average Bonchev–Trinajstić information content (AvgIpc) is 3.54. The van der Waals surface area contributed by atoms with E-state index in [4.69, 9.17) is 4.52 Å². The quantitative estimate of drug-likeness (QED) is 0.360. The van der Waals surface area contributed by atoms with E-state index in [0.29, 0.717) is 48.5 Å². The van der Waals surface area contributed by atoms with Crippen LogP contribution in [-0.2, 0) is 9.59 Å². The van der Waals surface area contributed by atoms with Crippen LogP contribution < -0.4 is 5.32 Å². The standard InChI is InChI=1S/C28H30F3N3O3.C2H6/c1-15(2)25(24-12-16(3)33-37-24)28(36)34-11-5-6-23(34)27(35)32-17(4)18-7-9-19(10-8-18)26-21(30)13-20(29)14-22(26)31;1-2/h7-10,12-15,17,23,25H,5-6,11H2,1-4H3,(H,32,35);1-2H3. The second-order valence-electron chi connectivity index (χ2n) is 9.88. The Hall–Kier alpha value is -3.62. The van der Waals surface area contributed by atoms with Crippen LogP contribution in [0.15, 0.2) is 47.0 Å². The molecule has 6 nitrogen and oxygen atoms in total. The van der Waals surface area contributed by atoms with Gasteiger partial charge in [0.15, 0.2) is 0 Å². The molecule has 3 aromatic rings. The first kappa shape index (κ1) is 29.9. The fourth-order valence-corrected chi connectivity index (χ4v) is 4.90. The molecule has 1 N–H and O–H groups in total. The van der Waals surface area contributed by atoms with Gasteiger partial charge in [-0.1, -0.05) is 57.1 Å². The van der Waals surface area contributed by atoms with Crippen molar-refractivity contribution in [2.75, 3.05) is 6.54 Å². The van der Waals surface area contributed by atoms with E-state index in [9.17, 15) is 22.8 Å². The van der Waals surface area contributed by atoms with Gasteiger partial charge in [-0.25, -0.2) is 13.2 Å². The summed E-state index contributed by atoms with van der Waals surface area (Å²) in [6.07, 6.45) is 1.26. The van der Waals surface area contributed by atoms with Crippen molar-refractivity contribution in [1.29, 1.82) is 0 Å². The van der Waals surface area contributed by atoms with Gasteiger partial charge in [-0.3, -0.25) is 9.59 Å². The highest BCUT2D eigenvalue weighted by atomic mass is 19.1. The molecule has 1 fully saturated rings. The molecule has 0 aliphatic carbocycles. The maximum absolute atomic E-state index is 14.1. The summed E-state index contributed by atoms with van der Waals surface area (Å²) < 4.78 is 46.9. The smallest absolute Gasteiger partial charge is 0.243 e. The molecular weight excluding hydrogens is 507 g/mol. The Kier molecular flexibility index (Phi) is 9.94. The fraction of sp³-hybridized carbons (Fsp3) is 0.433. The van der Waals surface area contributed by atoms with Crippen LogP contribution >= 0.6 is 0 Å². The normalized spacial score (nSPS) is 16.5. The zero-order valence-corrected chi connectivity index (χ0v) is 23.2. The van der Waals surface area contributed by atoms with E-state index in [1.165, 1.54) is 12.1 Å². The average molecular weight is 544 g/mol. The van der Waals surface area contributed by atoms with Gasteiger partial charge >= 0.3 is 0 Å². The van der Waals surface area contributed by atoms with Crippen molar-refractivity contribution in [1.82, 2.24) is 15.4 Å². The van der Waals surface area contributed by atoms with Crippen LogP contribution in [0.3, 0.4) is 0 Å². The maximum atomic E-state index is 14.1. The lowest BCUT2D eigenvalue weighted by atomic mass is 9.91. The van der Waals surface area contributed by atoms with Crippen molar-refractivity contribution in [3.63, 3.8) is 0 Å². The first-order valence-electron chi connectivity index (χ1n) is 13.4. The molecule has 9 heteroatoms. The number of aromatic nitrogens is 1. The Balaban J connectivity index is 0.00000205. The number of halogens is 3. The molecule has 210 valence electrons. The molecule has 1 aliphatic heterocycles. The van der Waals surface area contributed by atoms with Gasteiger partial charge in [-0.05, 0) is 43.7 Å².